The summed E-state index contributed by atoms with van der Waals surface area (Å²) in [5, 5.41) is 10.4. The van der Waals surface area contributed by atoms with Crippen molar-refractivity contribution < 1.29 is 5.11 Å². The van der Waals surface area contributed by atoms with Crippen molar-refractivity contribution >= 4 is 15.9 Å². The fraction of sp³-hybridized carbons (Fsp3) is 0.571. The molecule has 0 fully saturated rings. The minimum Gasteiger partial charge on any atom is -0.388 e. The predicted molar refractivity (Wildman–Crippen MR) is 72.6 cm³/mol. The number of hydrogen-bond acceptors (Lipinski definition) is 1. The van der Waals surface area contributed by atoms with E-state index in [-0.39, 0.29) is 5.41 Å². The SMILES string of the molecule is CCC(C)(C)C(O)c1cc(C)c(Br)cc1C. The third-order valence-electron chi connectivity index (χ3n) is 3.49. The number of halogens is 1. The molecule has 1 rings (SSSR count). The highest BCUT2D eigenvalue weighted by atomic mass is 79.9. The summed E-state index contributed by atoms with van der Waals surface area (Å²) in [4.78, 5) is 0. The molecule has 0 aliphatic rings. The molecule has 1 aromatic carbocycles. The van der Waals surface area contributed by atoms with Crippen LogP contribution in [-0.4, -0.2) is 5.11 Å². The van der Waals surface area contributed by atoms with Crippen LogP contribution in [0.3, 0.4) is 0 Å². The van der Waals surface area contributed by atoms with Crippen LogP contribution in [0, 0.1) is 19.3 Å². The summed E-state index contributed by atoms with van der Waals surface area (Å²) < 4.78 is 1.11. The van der Waals surface area contributed by atoms with Crippen molar-refractivity contribution in [1.82, 2.24) is 0 Å². The van der Waals surface area contributed by atoms with Gasteiger partial charge in [0.05, 0.1) is 6.10 Å². The van der Waals surface area contributed by atoms with Gasteiger partial charge in [-0.1, -0.05) is 42.8 Å². The van der Waals surface area contributed by atoms with Gasteiger partial charge in [-0.3, -0.25) is 0 Å². The maximum atomic E-state index is 10.4. The number of hydrogen-bond donors (Lipinski definition) is 1. The molecule has 0 saturated heterocycles. The molecule has 16 heavy (non-hydrogen) atoms. The minimum atomic E-state index is -0.399. The van der Waals surface area contributed by atoms with Gasteiger partial charge in [0.15, 0.2) is 0 Å². The van der Waals surface area contributed by atoms with Crippen molar-refractivity contribution in [2.24, 2.45) is 5.41 Å². The van der Waals surface area contributed by atoms with E-state index in [0.717, 1.165) is 22.0 Å². The standard InChI is InChI=1S/C14H21BrO/c1-6-14(4,5)13(16)11-7-10(3)12(15)8-9(11)2/h7-8,13,16H,6H2,1-5H3. The summed E-state index contributed by atoms with van der Waals surface area (Å²) in [7, 11) is 0. The van der Waals surface area contributed by atoms with Crippen molar-refractivity contribution in [3.05, 3.63) is 33.3 Å². The second kappa shape index (κ2) is 4.89. The molecule has 90 valence electrons. The third kappa shape index (κ3) is 2.67. The van der Waals surface area contributed by atoms with Crippen LogP contribution in [0.5, 0.6) is 0 Å². The van der Waals surface area contributed by atoms with Gasteiger partial charge in [-0.2, -0.15) is 0 Å². The normalized spacial score (nSPS) is 13.9. The lowest BCUT2D eigenvalue weighted by molar-refractivity contribution is 0.0460. The van der Waals surface area contributed by atoms with Gasteiger partial charge >= 0.3 is 0 Å². The molecule has 0 saturated carbocycles. The third-order valence-corrected chi connectivity index (χ3v) is 4.35. The van der Waals surface area contributed by atoms with Gasteiger partial charge < -0.3 is 5.11 Å². The summed E-state index contributed by atoms with van der Waals surface area (Å²) in [6, 6.07) is 4.17. The van der Waals surface area contributed by atoms with Gasteiger partial charge in [0.1, 0.15) is 0 Å². The van der Waals surface area contributed by atoms with Crippen molar-refractivity contribution in [2.75, 3.05) is 0 Å². The molecular weight excluding hydrogens is 264 g/mol. The lowest BCUT2D eigenvalue weighted by atomic mass is 9.79. The van der Waals surface area contributed by atoms with E-state index in [0.29, 0.717) is 0 Å². The highest BCUT2D eigenvalue weighted by molar-refractivity contribution is 9.10. The average Bonchev–Trinajstić information content (AvgIpc) is 2.22. The highest BCUT2D eigenvalue weighted by Gasteiger charge is 2.28. The van der Waals surface area contributed by atoms with E-state index in [1.54, 1.807) is 0 Å². The number of benzene rings is 1. The fourth-order valence-corrected chi connectivity index (χ4v) is 2.17. The Morgan fingerprint density at radius 2 is 1.81 bits per heavy atom. The Balaban J connectivity index is 3.19. The molecule has 0 radical (unpaired) electrons. The monoisotopic (exact) mass is 284 g/mol. The van der Waals surface area contributed by atoms with E-state index in [2.05, 4.69) is 62.7 Å². The molecule has 0 amide bonds. The largest absolute Gasteiger partial charge is 0.388 e. The van der Waals surface area contributed by atoms with E-state index in [1.165, 1.54) is 5.56 Å². The van der Waals surface area contributed by atoms with Gasteiger partial charge in [0.25, 0.3) is 0 Å². The molecule has 0 aromatic heterocycles. The zero-order valence-electron chi connectivity index (χ0n) is 10.8. The smallest absolute Gasteiger partial charge is 0.0843 e. The average molecular weight is 285 g/mol. The minimum absolute atomic E-state index is 0.0783. The topological polar surface area (TPSA) is 20.2 Å². The van der Waals surface area contributed by atoms with E-state index < -0.39 is 6.10 Å². The lowest BCUT2D eigenvalue weighted by Gasteiger charge is -2.31. The second-order valence-corrected chi connectivity index (χ2v) is 6.06. The Kier molecular flexibility index (Phi) is 4.19. The Labute approximate surface area is 107 Å². The molecule has 1 nitrogen and oxygen atoms in total. The Bertz CT molecular complexity index is 383. The molecule has 0 aliphatic carbocycles. The lowest BCUT2D eigenvalue weighted by Crippen LogP contribution is -2.21. The van der Waals surface area contributed by atoms with E-state index in [1.807, 2.05) is 0 Å². The molecule has 1 atom stereocenters. The highest BCUT2D eigenvalue weighted by Crippen LogP contribution is 2.38. The van der Waals surface area contributed by atoms with Crippen molar-refractivity contribution in [3.8, 4) is 0 Å². The first-order valence-electron chi connectivity index (χ1n) is 5.74. The molecular formula is C14H21BrO. The number of aliphatic hydroxyl groups excluding tert-OH is 1. The van der Waals surface area contributed by atoms with E-state index in [4.69, 9.17) is 0 Å². The summed E-state index contributed by atoms with van der Waals surface area (Å²) in [6.45, 7) is 10.4. The molecule has 1 unspecified atom stereocenters. The van der Waals surface area contributed by atoms with Crippen LogP contribution < -0.4 is 0 Å². The Morgan fingerprint density at radius 3 is 2.31 bits per heavy atom. The molecule has 0 heterocycles. The van der Waals surface area contributed by atoms with Gasteiger partial charge in [0, 0.05) is 4.47 Å². The van der Waals surface area contributed by atoms with Crippen LogP contribution in [-0.2, 0) is 0 Å². The van der Waals surface area contributed by atoms with E-state index in [9.17, 15) is 5.11 Å². The van der Waals surface area contributed by atoms with Crippen molar-refractivity contribution in [1.29, 1.82) is 0 Å². The van der Waals surface area contributed by atoms with Gasteiger partial charge in [-0.15, -0.1) is 0 Å². The Morgan fingerprint density at radius 1 is 1.25 bits per heavy atom. The van der Waals surface area contributed by atoms with Crippen molar-refractivity contribution in [3.63, 3.8) is 0 Å². The molecule has 0 aliphatic heterocycles. The number of rotatable bonds is 3. The van der Waals surface area contributed by atoms with Crippen LogP contribution in [0.2, 0.25) is 0 Å². The molecule has 0 spiro atoms. The Hall–Kier alpha value is -0.340. The second-order valence-electron chi connectivity index (χ2n) is 5.20. The molecule has 1 N–H and O–H groups in total. The molecule has 2 heteroatoms. The predicted octanol–water partition coefficient (Wildman–Crippen LogP) is 4.54. The van der Waals surface area contributed by atoms with Crippen LogP contribution in [0.1, 0.15) is 50.0 Å². The first-order valence-corrected chi connectivity index (χ1v) is 6.53. The molecule has 0 bridgehead atoms. The number of aliphatic hydroxyl groups is 1. The zero-order valence-corrected chi connectivity index (χ0v) is 12.4. The van der Waals surface area contributed by atoms with Crippen LogP contribution >= 0.6 is 15.9 Å². The maximum absolute atomic E-state index is 10.4. The zero-order chi connectivity index (χ0) is 12.5. The van der Waals surface area contributed by atoms with Gasteiger partial charge in [0.2, 0.25) is 0 Å². The first kappa shape index (κ1) is 13.7. The summed E-state index contributed by atoms with van der Waals surface area (Å²) in [5.74, 6) is 0. The van der Waals surface area contributed by atoms with Crippen LogP contribution in [0.25, 0.3) is 0 Å². The first-order chi connectivity index (χ1) is 7.29. The quantitative estimate of drug-likeness (QED) is 0.864. The van der Waals surface area contributed by atoms with Crippen molar-refractivity contribution in [2.45, 2.75) is 47.1 Å². The van der Waals surface area contributed by atoms with E-state index >= 15 is 0 Å². The maximum Gasteiger partial charge on any atom is 0.0843 e. The van der Waals surface area contributed by atoms with Crippen LogP contribution in [0.15, 0.2) is 16.6 Å². The fourth-order valence-electron chi connectivity index (χ4n) is 1.71. The van der Waals surface area contributed by atoms with Gasteiger partial charge in [-0.25, -0.2) is 0 Å². The summed E-state index contributed by atoms with van der Waals surface area (Å²) in [6.07, 6.45) is 0.562. The summed E-state index contributed by atoms with van der Waals surface area (Å²) >= 11 is 3.52. The van der Waals surface area contributed by atoms with Crippen LogP contribution in [0.4, 0.5) is 0 Å². The number of aryl methyl sites for hydroxylation is 2. The summed E-state index contributed by atoms with van der Waals surface area (Å²) in [5.41, 5.74) is 3.29. The van der Waals surface area contributed by atoms with Gasteiger partial charge in [-0.05, 0) is 48.4 Å². The molecule has 1 aromatic rings.